The van der Waals surface area contributed by atoms with Gasteiger partial charge in [0.1, 0.15) is 11.6 Å². The minimum absolute atomic E-state index is 0.0216. The number of anilines is 3. The van der Waals surface area contributed by atoms with Crippen molar-refractivity contribution in [1.29, 1.82) is 0 Å². The fourth-order valence-electron chi connectivity index (χ4n) is 2.59. The van der Waals surface area contributed by atoms with Crippen LogP contribution >= 0.6 is 0 Å². The van der Waals surface area contributed by atoms with E-state index >= 15 is 0 Å². The number of carbonyl (C=O) groups is 1. The van der Waals surface area contributed by atoms with Crippen LogP contribution in [0.5, 0.6) is 5.75 Å². The highest BCUT2D eigenvalue weighted by molar-refractivity contribution is 5.92. The van der Waals surface area contributed by atoms with Crippen molar-refractivity contribution >= 4 is 23.1 Å². The van der Waals surface area contributed by atoms with Gasteiger partial charge in [0.2, 0.25) is 5.91 Å². The fourth-order valence-corrected chi connectivity index (χ4v) is 2.59. The second kappa shape index (κ2) is 7.79. The van der Waals surface area contributed by atoms with E-state index in [1.54, 1.807) is 13.3 Å². The molecule has 1 aliphatic rings. The van der Waals surface area contributed by atoms with Gasteiger partial charge >= 0.3 is 0 Å². The van der Waals surface area contributed by atoms with Gasteiger partial charge in [-0.2, -0.15) is 0 Å². The second-order valence-electron chi connectivity index (χ2n) is 5.66. The smallest absolute Gasteiger partial charge is 0.227 e. The number of rotatable bonds is 5. The highest BCUT2D eigenvalue weighted by Gasteiger charge is 2.21. The Kier molecular flexibility index (Phi) is 5.28. The fraction of sp³-hybridized carbons (Fsp3) is 0.333. The van der Waals surface area contributed by atoms with Crippen LogP contribution in [0.4, 0.5) is 17.2 Å². The van der Waals surface area contributed by atoms with Crippen LogP contribution in [0.15, 0.2) is 42.6 Å². The standard InChI is InChI=1S/C18H21N3O3/c1-23-16-4-2-3-14(11-16)20-17-6-5-15(12-19-17)21-18(22)13-7-9-24-10-8-13/h2-6,11-13H,7-10H2,1H3,(H,19,20)(H,21,22). The number of pyridine rings is 1. The molecule has 126 valence electrons. The van der Waals surface area contributed by atoms with Crippen LogP contribution in [-0.2, 0) is 9.53 Å². The minimum Gasteiger partial charge on any atom is -0.497 e. The van der Waals surface area contributed by atoms with Crippen LogP contribution in [0.2, 0.25) is 0 Å². The van der Waals surface area contributed by atoms with Gasteiger partial charge < -0.3 is 20.1 Å². The number of hydrogen-bond acceptors (Lipinski definition) is 5. The lowest BCUT2D eigenvalue weighted by Gasteiger charge is -2.21. The largest absolute Gasteiger partial charge is 0.497 e. The molecule has 2 N–H and O–H groups in total. The molecule has 0 bridgehead atoms. The quantitative estimate of drug-likeness (QED) is 0.882. The van der Waals surface area contributed by atoms with Crippen LogP contribution in [0, 0.1) is 5.92 Å². The molecule has 0 spiro atoms. The van der Waals surface area contributed by atoms with Gasteiger partial charge in [0.25, 0.3) is 0 Å². The molecule has 1 saturated heterocycles. The Morgan fingerprint density at radius 1 is 1.21 bits per heavy atom. The number of nitrogens with zero attached hydrogens (tertiary/aromatic N) is 1. The summed E-state index contributed by atoms with van der Waals surface area (Å²) in [6, 6.07) is 11.3. The molecule has 1 fully saturated rings. The minimum atomic E-state index is 0.0216. The van der Waals surface area contributed by atoms with E-state index < -0.39 is 0 Å². The molecule has 0 saturated carbocycles. The first-order chi connectivity index (χ1) is 11.7. The van der Waals surface area contributed by atoms with Crippen molar-refractivity contribution in [2.24, 2.45) is 5.92 Å². The zero-order valence-corrected chi connectivity index (χ0v) is 13.6. The van der Waals surface area contributed by atoms with Crippen molar-refractivity contribution in [3.63, 3.8) is 0 Å². The molecule has 0 radical (unpaired) electrons. The Morgan fingerprint density at radius 2 is 2.04 bits per heavy atom. The summed E-state index contributed by atoms with van der Waals surface area (Å²) in [5, 5.41) is 6.12. The third kappa shape index (κ3) is 4.23. The third-order valence-corrected chi connectivity index (χ3v) is 3.97. The van der Waals surface area contributed by atoms with Crippen molar-refractivity contribution in [2.75, 3.05) is 31.0 Å². The monoisotopic (exact) mass is 327 g/mol. The number of aromatic nitrogens is 1. The molecular formula is C18H21N3O3. The Balaban J connectivity index is 1.59. The van der Waals surface area contributed by atoms with Crippen molar-refractivity contribution in [3.05, 3.63) is 42.6 Å². The van der Waals surface area contributed by atoms with Gasteiger partial charge in [0.15, 0.2) is 0 Å². The molecule has 6 nitrogen and oxygen atoms in total. The normalized spacial score (nSPS) is 14.9. The molecule has 2 heterocycles. The molecule has 3 rings (SSSR count). The van der Waals surface area contributed by atoms with E-state index in [-0.39, 0.29) is 11.8 Å². The summed E-state index contributed by atoms with van der Waals surface area (Å²) >= 11 is 0. The van der Waals surface area contributed by atoms with Crippen LogP contribution in [0.3, 0.4) is 0 Å². The Hall–Kier alpha value is -2.60. The number of ether oxygens (including phenoxy) is 2. The average molecular weight is 327 g/mol. The topological polar surface area (TPSA) is 72.5 Å². The van der Waals surface area contributed by atoms with E-state index in [0.717, 1.165) is 24.3 Å². The van der Waals surface area contributed by atoms with Crippen LogP contribution in [0.1, 0.15) is 12.8 Å². The van der Waals surface area contributed by atoms with Crippen molar-refractivity contribution in [1.82, 2.24) is 4.98 Å². The molecule has 24 heavy (non-hydrogen) atoms. The first-order valence-corrected chi connectivity index (χ1v) is 8.00. The summed E-state index contributed by atoms with van der Waals surface area (Å²) in [6.45, 7) is 1.31. The zero-order chi connectivity index (χ0) is 16.8. The Labute approximate surface area is 141 Å². The maximum absolute atomic E-state index is 12.2. The molecule has 1 aromatic carbocycles. The molecule has 2 aromatic rings. The molecular weight excluding hydrogens is 306 g/mol. The lowest BCUT2D eigenvalue weighted by molar-refractivity contribution is -0.122. The molecule has 0 atom stereocenters. The average Bonchev–Trinajstić information content (AvgIpc) is 2.64. The summed E-state index contributed by atoms with van der Waals surface area (Å²) in [4.78, 5) is 16.5. The molecule has 0 unspecified atom stereocenters. The highest BCUT2D eigenvalue weighted by atomic mass is 16.5. The second-order valence-corrected chi connectivity index (χ2v) is 5.66. The van der Waals surface area contributed by atoms with Gasteiger partial charge in [-0.3, -0.25) is 4.79 Å². The predicted molar refractivity (Wildman–Crippen MR) is 92.7 cm³/mol. The van der Waals surface area contributed by atoms with Crippen molar-refractivity contribution in [2.45, 2.75) is 12.8 Å². The summed E-state index contributed by atoms with van der Waals surface area (Å²) in [7, 11) is 1.63. The van der Waals surface area contributed by atoms with Gasteiger partial charge in [-0.05, 0) is 37.1 Å². The Morgan fingerprint density at radius 3 is 2.75 bits per heavy atom. The van der Waals surface area contributed by atoms with Crippen LogP contribution in [0.25, 0.3) is 0 Å². The number of methoxy groups -OCH3 is 1. The Bertz CT molecular complexity index is 682. The number of hydrogen-bond donors (Lipinski definition) is 2. The summed E-state index contributed by atoms with van der Waals surface area (Å²) < 4.78 is 10.5. The first kappa shape index (κ1) is 16.3. The maximum atomic E-state index is 12.2. The lowest BCUT2D eigenvalue weighted by atomic mass is 9.99. The number of benzene rings is 1. The lowest BCUT2D eigenvalue weighted by Crippen LogP contribution is -2.28. The molecule has 1 aliphatic heterocycles. The van der Waals surface area contributed by atoms with Crippen molar-refractivity contribution < 1.29 is 14.3 Å². The summed E-state index contributed by atoms with van der Waals surface area (Å²) in [5.41, 5.74) is 1.59. The SMILES string of the molecule is COc1cccc(Nc2ccc(NC(=O)C3CCOCC3)cn2)c1. The first-order valence-electron chi connectivity index (χ1n) is 8.00. The zero-order valence-electron chi connectivity index (χ0n) is 13.6. The molecule has 1 aromatic heterocycles. The molecule has 1 amide bonds. The predicted octanol–water partition coefficient (Wildman–Crippen LogP) is 3.20. The van der Waals surface area contributed by atoms with Gasteiger partial charge in [0.05, 0.1) is 19.0 Å². The van der Waals surface area contributed by atoms with E-state index in [1.807, 2.05) is 36.4 Å². The number of carbonyl (C=O) groups excluding carboxylic acids is 1. The number of amides is 1. The van der Waals surface area contributed by atoms with Gasteiger partial charge in [-0.1, -0.05) is 6.07 Å². The summed E-state index contributed by atoms with van der Waals surface area (Å²) in [6.07, 6.45) is 3.20. The van der Waals surface area contributed by atoms with Crippen LogP contribution < -0.4 is 15.4 Å². The third-order valence-electron chi connectivity index (χ3n) is 3.97. The van der Waals surface area contributed by atoms with E-state index in [4.69, 9.17) is 9.47 Å². The van der Waals surface area contributed by atoms with E-state index in [2.05, 4.69) is 15.6 Å². The number of nitrogens with one attached hydrogen (secondary N) is 2. The van der Waals surface area contributed by atoms with Crippen molar-refractivity contribution in [3.8, 4) is 5.75 Å². The molecule has 6 heteroatoms. The molecule has 0 aliphatic carbocycles. The van der Waals surface area contributed by atoms with Gasteiger partial charge in [-0.15, -0.1) is 0 Å². The highest BCUT2D eigenvalue weighted by Crippen LogP contribution is 2.21. The van der Waals surface area contributed by atoms with Crippen LogP contribution in [-0.4, -0.2) is 31.2 Å². The van der Waals surface area contributed by atoms with E-state index in [0.29, 0.717) is 24.7 Å². The van der Waals surface area contributed by atoms with E-state index in [9.17, 15) is 4.79 Å². The van der Waals surface area contributed by atoms with Gasteiger partial charge in [0, 0.05) is 30.9 Å². The van der Waals surface area contributed by atoms with E-state index in [1.165, 1.54) is 0 Å². The van der Waals surface area contributed by atoms with Gasteiger partial charge in [-0.25, -0.2) is 4.98 Å². The maximum Gasteiger partial charge on any atom is 0.227 e. The summed E-state index contributed by atoms with van der Waals surface area (Å²) in [5.74, 6) is 1.54.